The van der Waals surface area contributed by atoms with Gasteiger partial charge in [0.25, 0.3) is 0 Å². The van der Waals surface area contributed by atoms with E-state index in [4.69, 9.17) is 93.5 Å². The van der Waals surface area contributed by atoms with E-state index in [0.29, 0.717) is 22.4 Å². The van der Waals surface area contributed by atoms with Gasteiger partial charge in [0.15, 0.2) is 8.32 Å². The predicted molar refractivity (Wildman–Crippen MR) is 471 cm³/mol. The minimum Gasteiger partial charge on any atom is -0.488 e. The largest absolute Gasteiger partial charge is 0.488 e. The van der Waals surface area contributed by atoms with Gasteiger partial charge in [0.2, 0.25) is 8.32 Å². The molecule has 0 unspecified atom stereocenters. The van der Waals surface area contributed by atoms with Crippen molar-refractivity contribution in [2.45, 2.75) is 301 Å². The molecule has 0 amide bonds. The summed E-state index contributed by atoms with van der Waals surface area (Å²) in [5.41, 5.74) is 2.55. The molecule has 0 radical (unpaired) electrons. The van der Waals surface area contributed by atoms with Crippen molar-refractivity contribution in [1.29, 1.82) is 0 Å². The van der Waals surface area contributed by atoms with Gasteiger partial charge in [0.1, 0.15) is 12.4 Å². The molecule has 0 saturated heterocycles. The zero-order chi connectivity index (χ0) is 81.9. The molecular formula is C60H144O23Si21. The number of ether oxygens (including phenoxy) is 1. The Morgan fingerprint density at radius 2 is 0.433 bits per heavy atom. The lowest BCUT2D eigenvalue weighted by molar-refractivity contribution is 0.242. The molecule has 2 aromatic rings. The van der Waals surface area contributed by atoms with E-state index in [9.17, 15) is 10.2 Å². The van der Waals surface area contributed by atoms with Gasteiger partial charge in [-0.25, -0.2) is 0 Å². The molecule has 0 aliphatic heterocycles. The minimum atomic E-state index is -2.91. The Morgan fingerprint density at radius 3 is 0.596 bits per heavy atom. The summed E-state index contributed by atoms with van der Waals surface area (Å²) in [6.45, 7) is 88.8. The molecule has 0 atom stereocenters. The molecule has 2 rings (SSSR count). The molecule has 0 fully saturated rings. The molecular weight excluding hydrogens is 1680 g/mol. The first-order valence-corrected chi connectivity index (χ1v) is 95.9. The molecule has 0 aliphatic carbocycles. The summed E-state index contributed by atoms with van der Waals surface area (Å²) < 4.78 is 144. The second-order valence-corrected chi connectivity index (χ2v) is 114. The summed E-state index contributed by atoms with van der Waals surface area (Å²) in [5.74, 6) is 3.00. The Bertz CT molecular complexity index is 3130. The van der Waals surface area contributed by atoms with Crippen LogP contribution in [-0.2, 0) is 102 Å². The minimum absolute atomic E-state index is 0.240. The van der Waals surface area contributed by atoms with Crippen LogP contribution in [0.2, 0.25) is 282 Å². The molecule has 0 saturated carbocycles. The van der Waals surface area contributed by atoms with Crippen molar-refractivity contribution in [2.75, 3.05) is 0 Å². The number of hydrogen-bond donors (Lipinski definition) is 2. The predicted octanol–water partition coefficient (Wildman–Crippen LogP) is 17.1. The maximum absolute atomic E-state index is 10.0. The quantitative estimate of drug-likeness (QED) is 0.0463. The van der Waals surface area contributed by atoms with Gasteiger partial charge in [-0.1, -0.05) is 30.2 Å². The lowest BCUT2D eigenvalue weighted by Crippen LogP contribution is -2.63. The smallest absolute Gasteiger partial charge is 0.314 e. The summed E-state index contributed by atoms with van der Waals surface area (Å²) in [6, 6.07) is 11.6. The van der Waals surface area contributed by atoms with Gasteiger partial charge in [-0.3, -0.25) is 0 Å². The molecule has 2 N–H and O–H groups in total. The fourth-order valence-electron chi connectivity index (χ4n) is 14.9. The second kappa shape index (κ2) is 35.9. The lowest BCUT2D eigenvalue weighted by Gasteiger charge is -2.45. The van der Waals surface area contributed by atoms with E-state index in [1.165, 1.54) is 0 Å². The molecule has 23 nitrogen and oxygen atoms in total. The first kappa shape index (κ1) is 102. The van der Waals surface area contributed by atoms with Crippen LogP contribution >= 0.6 is 0 Å². The first-order chi connectivity index (χ1) is 45.5. The molecule has 0 aliphatic rings. The fourth-order valence-corrected chi connectivity index (χ4v) is 123. The number of aliphatic hydroxyl groups is 2. The number of rotatable bonds is 46. The Balaban J connectivity index is 2.06. The summed E-state index contributed by atoms with van der Waals surface area (Å²) in [5, 5.41) is 21.1. The highest BCUT2D eigenvalue weighted by Gasteiger charge is 2.55. The van der Waals surface area contributed by atoms with Crippen LogP contribution in [0.3, 0.4) is 0 Å². The first-order valence-electron chi connectivity index (χ1n) is 36.1. The van der Waals surface area contributed by atoms with Gasteiger partial charge < -0.3 is 97.3 Å². The Kier molecular flexibility index (Phi) is 35.1. The average molecular weight is 1820 g/mol. The molecule has 2 aromatic carbocycles. The van der Waals surface area contributed by atoms with Gasteiger partial charge >= 0.3 is 163 Å². The topological polar surface area (TPSA) is 234 Å². The molecule has 0 spiro atoms. The molecule has 0 aromatic heterocycles. The van der Waals surface area contributed by atoms with E-state index in [1.54, 1.807) is 12.1 Å². The molecule has 606 valence electrons. The molecule has 104 heavy (non-hydrogen) atoms. The SMILES string of the molecule is C#Cc1cc(CO)c(OCc2ccc([Si](C)(C)O[Si](C)(C)O[Si](C)(C)O[Si](C)(C)O[Si](C)(C)O[Si](C)(C)O[Si](C)(C)O[Si](C)(C)O[Si](C)(C)O[Si](C)(C)O[Si](C)(C)O[Si](C)(C)O[Si](C)(C)O[Si](C)(C)O[Si](C)(C)O[Si](C)(C)O[Si](C)(C)O[Si](C)(C)O[Si](C)(C)O[Si](C)(C)O[Si](C)(C)C)cc2)c(CO)c1. The number of terminal acetylenes is 1. The second-order valence-electron chi connectivity index (χ2n) is 36.8. The van der Waals surface area contributed by atoms with Crippen LogP contribution in [0.4, 0.5) is 0 Å². The van der Waals surface area contributed by atoms with Crippen LogP contribution in [-0.4, -0.2) is 190 Å². The van der Waals surface area contributed by atoms with Gasteiger partial charge in [-0.2, -0.15) is 0 Å². The van der Waals surface area contributed by atoms with Crippen molar-refractivity contribution in [1.82, 2.24) is 0 Å². The summed E-state index contributed by atoms with van der Waals surface area (Å²) in [4.78, 5) is 0. The van der Waals surface area contributed by atoms with Crippen molar-refractivity contribution in [3.8, 4) is 18.1 Å². The van der Waals surface area contributed by atoms with Crippen molar-refractivity contribution < 1.29 is 97.3 Å². The van der Waals surface area contributed by atoms with Crippen molar-refractivity contribution in [3.63, 3.8) is 0 Å². The number of benzene rings is 2. The van der Waals surface area contributed by atoms with Crippen LogP contribution < -0.4 is 9.92 Å². The maximum Gasteiger partial charge on any atom is 0.314 e. The highest BCUT2D eigenvalue weighted by atomic mass is 28.6. The Hall–Kier alpha value is 1.47. The van der Waals surface area contributed by atoms with Crippen molar-refractivity contribution in [3.05, 3.63) is 58.7 Å². The van der Waals surface area contributed by atoms with Crippen LogP contribution in [0.1, 0.15) is 22.3 Å². The summed E-state index contributed by atoms with van der Waals surface area (Å²) in [7, 11) is -58.1. The van der Waals surface area contributed by atoms with Gasteiger partial charge in [0, 0.05) is 16.7 Å². The lowest BCUT2D eigenvalue weighted by atomic mass is 10.0. The maximum atomic E-state index is 10.0. The van der Waals surface area contributed by atoms with Crippen molar-refractivity contribution in [2.24, 2.45) is 0 Å². The van der Waals surface area contributed by atoms with Crippen LogP contribution in [0.25, 0.3) is 0 Å². The fraction of sp³-hybridized carbons (Fsp3) is 0.767. The Morgan fingerprint density at radius 1 is 0.260 bits per heavy atom. The zero-order valence-corrected chi connectivity index (χ0v) is 93.6. The molecule has 0 bridgehead atoms. The number of aliphatic hydroxyl groups excluding tert-OH is 2. The zero-order valence-electron chi connectivity index (χ0n) is 72.6. The number of hydrogen-bond acceptors (Lipinski definition) is 23. The highest BCUT2D eigenvalue weighted by Crippen LogP contribution is 2.36. The molecule has 0 heterocycles. The van der Waals surface area contributed by atoms with Gasteiger partial charge in [-0.05, 0) is 304 Å². The summed E-state index contributed by atoms with van der Waals surface area (Å²) in [6.07, 6.45) is 5.60. The Labute approximate surface area is 654 Å². The summed E-state index contributed by atoms with van der Waals surface area (Å²) >= 11 is 0. The monoisotopic (exact) mass is 1820 g/mol. The normalized spacial score (nSPS) is 15.3. The third kappa shape index (κ3) is 40.2. The van der Waals surface area contributed by atoms with E-state index in [0.717, 1.165) is 10.8 Å². The average Bonchev–Trinajstić information content (AvgIpc) is 0.804. The standard InChI is InChI=1S/C60H144O23Si21/c1-45-55-50-57(52-61)60(58(51-55)53-62)63-54-56-46-48-59(49-47-56)85(5,6)65-87(9,10)67-89(13,14)69-91(17,18)71-93(21,22)73-95(25,26)75-97(29,30)77-99(33,34)79-101(37,38)81-103(41,42)83-104(43,44)82-102(39,40)80-100(35,36)78-98(31,32)76-96(27,28)74-94(23,24)72-92(19,20)70-90(15,16)68-88(11,12)66-86(7,8)64-84(2,3)4/h1,46-51,61-62H,52-54H2,2-44H3. The van der Waals surface area contributed by atoms with E-state index < -0.39 is 179 Å². The van der Waals surface area contributed by atoms with E-state index in [2.05, 4.69) is 208 Å². The van der Waals surface area contributed by atoms with E-state index in [-0.39, 0.29) is 19.8 Å². The third-order valence-electron chi connectivity index (χ3n) is 13.7. The van der Waals surface area contributed by atoms with Gasteiger partial charge in [0.05, 0.1) is 13.2 Å². The van der Waals surface area contributed by atoms with E-state index >= 15 is 0 Å². The van der Waals surface area contributed by atoms with Crippen molar-refractivity contribution >= 4 is 184 Å². The van der Waals surface area contributed by atoms with E-state index in [1.807, 2.05) is 104 Å². The van der Waals surface area contributed by atoms with Gasteiger partial charge in [-0.15, -0.1) is 6.42 Å². The van der Waals surface area contributed by atoms with Crippen LogP contribution in [0.5, 0.6) is 5.75 Å². The highest BCUT2D eigenvalue weighted by molar-refractivity contribution is 6.97. The van der Waals surface area contributed by atoms with Crippen LogP contribution in [0.15, 0.2) is 36.4 Å². The van der Waals surface area contributed by atoms with Crippen LogP contribution in [0, 0.1) is 12.3 Å². The molecule has 44 heteroatoms. The third-order valence-corrected chi connectivity index (χ3v) is 94.6.